The summed E-state index contributed by atoms with van der Waals surface area (Å²) in [5, 5.41) is 1.56. The monoisotopic (exact) mass is 203 g/mol. The molecule has 0 aliphatic heterocycles. The smallest absolute Gasteiger partial charge is 0.131 e. The Hall–Kier alpha value is -1.44. The Balaban J connectivity index is 2.83. The van der Waals surface area contributed by atoms with E-state index in [0.717, 1.165) is 11.1 Å². The molecule has 2 heteroatoms. The topological polar surface area (TPSA) is 12.9 Å². The Kier molecular flexibility index (Phi) is 2.22. The van der Waals surface area contributed by atoms with Gasteiger partial charge in [-0.2, -0.15) is 0 Å². The predicted molar refractivity (Wildman–Crippen MR) is 60.4 cm³/mol. The van der Waals surface area contributed by atoms with E-state index < -0.39 is 0 Å². The number of hydrogen-bond acceptors (Lipinski definition) is 1. The number of rotatable bonds is 0. The highest BCUT2D eigenvalue weighted by atomic mass is 19.1. The summed E-state index contributed by atoms with van der Waals surface area (Å²) in [6, 6.07) is 6.86. The van der Waals surface area contributed by atoms with E-state index in [1.54, 1.807) is 18.3 Å². The number of hydrogen-bond donors (Lipinski definition) is 0. The lowest BCUT2D eigenvalue weighted by molar-refractivity contribution is 0.574. The van der Waals surface area contributed by atoms with Gasteiger partial charge in [0.1, 0.15) is 5.82 Å². The van der Waals surface area contributed by atoms with E-state index in [-0.39, 0.29) is 11.2 Å². The second-order valence-corrected chi connectivity index (χ2v) is 4.74. The molecule has 0 bridgehead atoms. The van der Waals surface area contributed by atoms with Crippen LogP contribution in [0.4, 0.5) is 4.39 Å². The maximum Gasteiger partial charge on any atom is 0.131 e. The minimum atomic E-state index is -0.180. The van der Waals surface area contributed by atoms with Gasteiger partial charge in [0.05, 0.1) is 5.69 Å². The molecule has 0 saturated carbocycles. The number of pyridine rings is 1. The van der Waals surface area contributed by atoms with Gasteiger partial charge < -0.3 is 0 Å². The second-order valence-electron chi connectivity index (χ2n) is 4.74. The third-order valence-corrected chi connectivity index (χ3v) is 2.46. The van der Waals surface area contributed by atoms with Crippen LogP contribution in [0, 0.1) is 5.82 Å². The second kappa shape index (κ2) is 3.30. The summed E-state index contributed by atoms with van der Waals surface area (Å²) >= 11 is 0. The first-order valence-electron chi connectivity index (χ1n) is 5.04. The van der Waals surface area contributed by atoms with Crippen LogP contribution in [0.1, 0.15) is 26.5 Å². The fourth-order valence-corrected chi connectivity index (χ4v) is 1.77. The molecule has 2 rings (SSSR count). The molecule has 0 N–H and O–H groups in total. The van der Waals surface area contributed by atoms with Crippen molar-refractivity contribution >= 4 is 10.8 Å². The molecule has 2 aromatic rings. The van der Waals surface area contributed by atoms with Crippen molar-refractivity contribution in [3.8, 4) is 0 Å². The Morgan fingerprint density at radius 3 is 2.47 bits per heavy atom. The van der Waals surface area contributed by atoms with Gasteiger partial charge >= 0.3 is 0 Å². The maximum absolute atomic E-state index is 13.5. The standard InChI is InChI=1S/C13H14FN/c1-13(2,3)12-10-5-4-6-11(14)9(10)7-8-15-12/h4-8H,1-3H3. The highest BCUT2D eigenvalue weighted by Crippen LogP contribution is 2.28. The molecule has 0 spiro atoms. The predicted octanol–water partition coefficient (Wildman–Crippen LogP) is 3.67. The number of aromatic nitrogens is 1. The first-order chi connectivity index (χ1) is 7.00. The minimum Gasteiger partial charge on any atom is -0.260 e. The van der Waals surface area contributed by atoms with Gasteiger partial charge in [-0.3, -0.25) is 4.98 Å². The van der Waals surface area contributed by atoms with E-state index in [0.29, 0.717) is 5.39 Å². The van der Waals surface area contributed by atoms with Crippen LogP contribution in [0.15, 0.2) is 30.5 Å². The van der Waals surface area contributed by atoms with Gasteiger partial charge in [0, 0.05) is 22.4 Å². The van der Waals surface area contributed by atoms with Crippen LogP contribution in [-0.2, 0) is 5.41 Å². The fraction of sp³-hybridized carbons (Fsp3) is 0.308. The molecule has 1 nitrogen and oxygen atoms in total. The van der Waals surface area contributed by atoms with E-state index in [2.05, 4.69) is 25.8 Å². The summed E-state index contributed by atoms with van der Waals surface area (Å²) in [5.74, 6) is -0.180. The molecule has 0 fully saturated rings. The third-order valence-electron chi connectivity index (χ3n) is 2.46. The molecular weight excluding hydrogens is 189 g/mol. The Morgan fingerprint density at radius 2 is 1.80 bits per heavy atom. The zero-order valence-corrected chi connectivity index (χ0v) is 9.21. The summed E-state index contributed by atoms with van der Waals surface area (Å²) in [7, 11) is 0. The lowest BCUT2D eigenvalue weighted by Crippen LogP contribution is -2.14. The molecular formula is C13H14FN. The van der Waals surface area contributed by atoms with Gasteiger partial charge in [-0.05, 0) is 12.1 Å². The quantitative estimate of drug-likeness (QED) is 0.636. The van der Waals surface area contributed by atoms with Gasteiger partial charge in [0.25, 0.3) is 0 Å². The van der Waals surface area contributed by atoms with Crippen molar-refractivity contribution in [3.63, 3.8) is 0 Å². The van der Waals surface area contributed by atoms with E-state index in [4.69, 9.17) is 0 Å². The molecule has 0 unspecified atom stereocenters. The molecule has 0 radical (unpaired) electrons. The number of fused-ring (bicyclic) bond motifs is 1. The maximum atomic E-state index is 13.5. The van der Waals surface area contributed by atoms with Crippen LogP contribution < -0.4 is 0 Å². The number of halogens is 1. The molecule has 78 valence electrons. The van der Waals surface area contributed by atoms with Crippen LogP contribution in [0.3, 0.4) is 0 Å². The SMILES string of the molecule is CC(C)(C)c1nccc2c(F)cccc12. The summed E-state index contributed by atoms with van der Waals surface area (Å²) in [6.07, 6.45) is 1.67. The average molecular weight is 203 g/mol. The number of benzene rings is 1. The summed E-state index contributed by atoms with van der Waals surface area (Å²) in [5.41, 5.74) is 0.882. The van der Waals surface area contributed by atoms with E-state index >= 15 is 0 Å². The lowest BCUT2D eigenvalue weighted by atomic mass is 9.88. The first kappa shape index (κ1) is 10.1. The molecule has 0 aliphatic carbocycles. The fourth-order valence-electron chi connectivity index (χ4n) is 1.77. The molecule has 1 aromatic heterocycles. The normalized spacial score (nSPS) is 12.0. The van der Waals surface area contributed by atoms with Crippen molar-refractivity contribution in [2.75, 3.05) is 0 Å². The molecule has 15 heavy (non-hydrogen) atoms. The van der Waals surface area contributed by atoms with Crippen molar-refractivity contribution in [1.82, 2.24) is 4.98 Å². The van der Waals surface area contributed by atoms with Crippen LogP contribution in [0.25, 0.3) is 10.8 Å². The summed E-state index contributed by atoms with van der Waals surface area (Å²) < 4.78 is 13.5. The van der Waals surface area contributed by atoms with E-state index in [1.807, 2.05) is 6.07 Å². The molecule has 1 heterocycles. The van der Waals surface area contributed by atoms with Crippen molar-refractivity contribution in [3.05, 3.63) is 42.0 Å². The van der Waals surface area contributed by atoms with Crippen molar-refractivity contribution in [2.45, 2.75) is 26.2 Å². The van der Waals surface area contributed by atoms with E-state index in [9.17, 15) is 4.39 Å². The van der Waals surface area contributed by atoms with Crippen LogP contribution in [0.2, 0.25) is 0 Å². The van der Waals surface area contributed by atoms with Gasteiger partial charge in [0.2, 0.25) is 0 Å². The lowest BCUT2D eigenvalue weighted by Gasteiger charge is -2.19. The average Bonchev–Trinajstić information content (AvgIpc) is 2.16. The Bertz CT molecular complexity index is 497. The zero-order valence-electron chi connectivity index (χ0n) is 9.21. The highest BCUT2D eigenvalue weighted by molar-refractivity contribution is 5.85. The third kappa shape index (κ3) is 1.72. The van der Waals surface area contributed by atoms with Gasteiger partial charge in [-0.25, -0.2) is 4.39 Å². The zero-order chi connectivity index (χ0) is 11.1. The van der Waals surface area contributed by atoms with Crippen LogP contribution in [-0.4, -0.2) is 4.98 Å². The van der Waals surface area contributed by atoms with Crippen LogP contribution in [0.5, 0.6) is 0 Å². The van der Waals surface area contributed by atoms with Gasteiger partial charge in [-0.1, -0.05) is 32.9 Å². The minimum absolute atomic E-state index is 0.0622. The highest BCUT2D eigenvalue weighted by Gasteiger charge is 2.18. The molecule has 0 amide bonds. The van der Waals surface area contributed by atoms with Crippen molar-refractivity contribution in [2.24, 2.45) is 0 Å². The van der Waals surface area contributed by atoms with Gasteiger partial charge in [-0.15, -0.1) is 0 Å². The Morgan fingerprint density at radius 1 is 1.07 bits per heavy atom. The molecule has 0 saturated heterocycles. The molecule has 1 aromatic carbocycles. The first-order valence-corrected chi connectivity index (χ1v) is 5.04. The largest absolute Gasteiger partial charge is 0.260 e. The summed E-state index contributed by atoms with van der Waals surface area (Å²) in [4.78, 5) is 4.35. The molecule has 0 aliphatic rings. The van der Waals surface area contributed by atoms with Crippen molar-refractivity contribution in [1.29, 1.82) is 0 Å². The van der Waals surface area contributed by atoms with Crippen LogP contribution >= 0.6 is 0 Å². The van der Waals surface area contributed by atoms with Crippen molar-refractivity contribution < 1.29 is 4.39 Å². The van der Waals surface area contributed by atoms with Gasteiger partial charge in [0.15, 0.2) is 0 Å². The summed E-state index contributed by atoms with van der Waals surface area (Å²) in [6.45, 7) is 6.25. The number of nitrogens with zero attached hydrogens (tertiary/aromatic N) is 1. The van der Waals surface area contributed by atoms with E-state index in [1.165, 1.54) is 6.07 Å². The molecule has 0 atom stereocenters. The Labute approximate surface area is 89.0 Å².